The van der Waals surface area contributed by atoms with Crippen LogP contribution in [0.2, 0.25) is 5.02 Å². The number of hydrogen-bond donors (Lipinski definition) is 1. The average Bonchev–Trinajstić information content (AvgIpc) is 3.11. The number of nitro benzene ring substituents is 1. The minimum Gasteiger partial charge on any atom is -0.482 e. The van der Waals surface area contributed by atoms with Crippen molar-refractivity contribution in [1.29, 1.82) is 0 Å². The van der Waals surface area contributed by atoms with Gasteiger partial charge in [-0.05, 0) is 95.8 Å². The number of halogens is 1. The number of anilines is 1. The van der Waals surface area contributed by atoms with Crippen molar-refractivity contribution in [2.75, 3.05) is 37.6 Å². The van der Waals surface area contributed by atoms with Gasteiger partial charge in [0.05, 0.1) is 4.92 Å². The van der Waals surface area contributed by atoms with Gasteiger partial charge in [-0.3, -0.25) is 24.5 Å². The summed E-state index contributed by atoms with van der Waals surface area (Å²) in [5, 5.41) is 12.3. The van der Waals surface area contributed by atoms with Crippen LogP contribution >= 0.6 is 23.5 Å². The topological polar surface area (TPSA) is 88.0 Å². The highest BCUT2D eigenvalue weighted by Gasteiger charge is 2.29. The summed E-state index contributed by atoms with van der Waals surface area (Å²) < 4.78 is 8.60. The quantitative estimate of drug-likeness (QED) is 0.0951. The molecule has 1 heterocycles. The van der Waals surface area contributed by atoms with Gasteiger partial charge in [0.2, 0.25) is 0 Å². The smallest absolute Gasteiger partial charge is 0.310 e. The van der Waals surface area contributed by atoms with E-state index in [4.69, 9.17) is 16.3 Å². The molecule has 49 heavy (non-hydrogen) atoms. The van der Waals surface area contributed by atoms with Crippen LogP contribution in [0.25, 0.3) is 5.57 Å². The zero-order valence-electron chi connectivity index (χ0n) is 27.9. The Kier molecular flexibility index (Phi) is 10.9. The highest BCUT2D eigenvalue weighted by atomic mass is 35.5. The van der Waals surface area contributed by atoms with Gasteiger partial charge < -0.3 is 9.64 Å². The summed E-state index contributed by atoms with van der Waals surface area (Å²) >= 11 is 7.41. The van der Waals surface area contributed by atoms with Crippen molar-refractivity contribution in [2.24, 2.45) is 5.41 Å². The molecule has 0 aromatic heterocycles. The molecule has 10 heteroatoms. The molecule has 8 nitrogen and oxygen atoms in total. The van der Waals surface area contributed by atoms with Crippen LogP contribution < -0.4 is 14.4 Å². The van der Waals surface area contributed by atoms with Crippen molar-refractivity contribution in [1.82, 2.24) is 9.62 Å². The van der Waals surface area contributed by atoms with E-state index >= 15 is 0 Å². The Morgan fingerprint density at radius 1 is 0.959 bits per heavy atom. The fraction of sp³-hybridized carbons (Fsp3) is 0.308. The monoisotopic (exact) mass is 696 g/mol. The zero-order chi connectivity index (χ0) is 34.4. The van der Waals surface area contributed by atoms with Gasteiger partial charge in [-0.2, -0.15) is 0 Å². The summed E-state index contributed by atoms with van der Waals surface area (Å²) in [4.78, 5) is 29.9. The first-order valence-electron chi connectivity index (χ1n) is 16.6. The molecule has 0 radical (unpaired) electrons. The Morgan fingerprint density at radius 3 is 2.37 bits per heavy atom. The van der Waals surface area contributed by atoms with E-state index in [1.807, 2.05) is 54.6 Å². The Balaban J connectivity index is 1.02. The molecule has 6 rings (SSSR count). The van der Waals surface area contributed by atoms with Crippen LogP contribution in [0.5, 0.6) is 5.75 Å². The molecule has 0 unspecified atom stereocenters. The van der Waals surface area contributed by atoms with Crippen LogP contribution in [0.15, 0.2) is 108 Å². The van der Waals surface area contributed by atoms with Crippen molar-refractivity contribution >= 4 is 46.4 Å². The van der Waals surface area contributed by atoms with Crippen molar-refractivity contribution < 1.29 is 14.5 Å². The second-order valence-electron chi connectivity index (χ2n) is 13.4. The van der Waals surface area contributed by atoms with Crippen LogP contribution in [0, 0.1) is 15.5 Å². The zero-order valence-corrected chi connectivity index (χ0v) is 29.4. The number of nitrogens with one attached hydrogen (secondary N) is 1. The molecule has 4 aromatic carbocycles. The fourth-order valence-electron chi connectivity index (χ4n) is 6.44. The molecule has 254 valence electrons. The van der Waals surface area contributed by atoms with Gasteiger partial charge in [-0.15, -0.1) is 0 Å². The number of piperazine rings is 1. The van der Waals surface area contributed by atoms with Crippen LogP contribution in [0.4, 0.5) is 11.4 Å². The number of hydrogen-bond acceptors (Lipinski definition) is 7. The molecule has 1 aliphatic heterocycles. The minimum atomic E-state index is -0.508. The van der Waals surface area contributed by atoms with E-state index in [9.17, 15) is 14.9 Å². The molecule has 2 aliphatic rings. The van der Waals surface area contributed by atoms with Crippen molar-refractivity contribution in [3.8, 4) is 5.75 Å². The summed E-state index contributed by atoms with van der Waals surface area (Å²) in [6.07, 6.45) is 3.43. The molecule has 1 fully saturated rings. The average molecular weight is 697 g/mol. The Labute approximate surface area is 297 Å². The van der Waals surface area contributed by atoms with Crippen LogP contribution in [0.1, 0.15) is 54.6 Å². The summed E-state index contributed by atoms with van der Waals surface area (Å²) in [5.74, 6) is -0.308. The number of nitro groups is 1. The SMILES string of the molecule is CC1(C)CCC(CN2CCN(c3ccc(SNC(=O)c4ccc([N+](=O)[O-])c(OCc5ccccc5)c4)cc3)CC2)=C(c2ccc(Cl)cc2)C1. The van der Waals surface area contributed by atoms with Gasteiger partial charge in [0.15, 0.2) is 5.75 Å². The molecule has 1 N–H and O–H groups in total. The standard InChI is InChI=1S/C39H41ClN4O4S/c1-39(2)19-18-31(35(25-39)29-8-11-32(40)12-9-29)26-42-20-22-43(23-21-42)33-13-15-34(16-14-33)49-41-38(45)30-10-17-36(44(46)47)37(24-30)48-27-28-6-4-3-5-7-28/h3-17,24H,18-23,25-27H2,1-2H3,(H,41,45). The number of allylic oxidation sites excluding steroid dienone is 1. The Morgan fingerprint density at radius 2 is 1.67 bits per heavy atom. The number of ether oxygens (including phenoxy) is 1. The predicted molar refractivity (Wildman–Crippen MR) is 198 cm³/mol. The number of amides is 1. The first-order valence-corrected chi connectivity index (χ1v) is 17.8. The minimum absolute atomic E-state index is 0.0531. The van der Waals surface area contributed by atoms with Crippen LogP contribution in [-0.2, 0) is 6.61 Å². The number of carbonyl (C=O) groups is 1. The van der Waals surface area contributed by atoms with Crippen molar-refractivity contribution in [3.63, 3.8) is 0 Å². The first kappa shape index (κ1) is 34.5. The van der Waals surface area contributed by atoms with E-state index in [1.165, 1.54) is 47.7 Å². The van der Waals surface area contributed by atoms with Gasteiger partial charge in [0, 0.05) is 66.0 Å². The molecular weight excluding hydrogens is 656 g/mol. The summed E-state index contributed by atoms with van der Waals surface area (Å²) in [6.45, 7) is 9.80. The van der Waals surface area contributed by atoms with E-state index in [2.05, 4.69) is 52.6 Å². The maximum atomic E-state index is 13.0. The fourth-order valence-corrected chi connectivity index (χ4v) is 7.17. The maximum absolute atomic E-state index is 13.0. The number of carbonyl (C=O) groups excluding carboxylic acids is 1. The van der Waals surface area contributed by atoms with Gasteiger partial charge in [-0.25, -0.2) is 0 Å². The highest BCUT2D eigenvalue weighted by molar-refractivity contribution is 7.98. The molecule has 4 aromatic rings. The molecule has 0 spiro atoms. The first-order chi connectivity index (χ1) is 23.6. The maximum Gasteiger partial charge on any atom is 0.310 e. The lowest BCUT2D eigenvalue weighted by molar-refractivity contribution is -0.385. The third-order valence-corrected chi connectivity index (χ3v) is 10.3. The van der Waals surface area contributed by atoms with Crippen molar-refractivity contribution in [3.05, 3.63) is 134 Å². The van der Waals surface area contributed by atoms with Crippen LogP contribution in [0.3, 0.4) is 0 Å². The molecular formula is C39H41ClN4O4S. The van der Waals surface area contributed by atoms with E-state index in [1.54, 1.807) is 5.57 Å². The largest absolute Gasteiger partial charge is 0.482 e. The number of nitrogens with zero attached hydrogens (tertiary/aromatic N) is 3. The molecule has 0 bridgehead atoms. The molecule has 1 aliphatic carbocycles. The third-order valence-electron chi connectivity index (χ3n) is 9.28. The predicted octanol–water partition coefficient (Wildman–Crippen LogP) is 9.05. The van der Waals surface area contributed by atoms with Gasteiger partial charge in [0.25, 0.3) is 5.91 Å². The summed E-state index contributed by atoms with van der Waals surface area (Å²) in [6, 6.07) is 30.1. The van der Waals surface area contributed by atoms with E-state index < -0.39 is 4.92 Å². The molecule has 1 saturated heterocycles. The van der Waals surface area contributed by atoms with E-state index in [0.29, 0.717) is 5.41 Å². The lowest BCUT2D eigenvalue weighted by Crippen LogP contribution is -2.47. The lowest BCUT2D eigenvalue weighted by atomic mass is 9.72. The number of benzene rings is 4. The summed E-state index contributed by atoms with van der Waals surface area (Å²) in [7, 11) is 0. The van der Waals surface area contributed by atoms with E-state index in [0.717, 1.165) is 66.7 Å². The van der Waals surface area contributed by atoms with Gasteiger partial charge in [0.1, 0.15) is 6.61 Å². The second-order valence-corrected chi connectivity index (χ2v) is 14.8. The van der Waals surface area contributed by atoms with Crippen LogP contribution in [-0.4, -0.2) is 48.5 Å². The van der Waals surface area contributed by atoms with Crippen molar-refractivity contribution in [2.45, 2.75) is 44.6 Å². The molecule has 1 amide bonds. The second kappa shape index (κ2) is 15.5. The lowest BCUT2D eigenvalue weighted by Gasteiger charge is -2.39. The highest BCUT2D eigenvalue weighted by Crippen LogP contribution is 2.43. The Bertz CT molecular complexity index is 1810. The van der Waals surface area contributed by atoms with E-state index in [-0.39, 0.29) is 29.5 Å². The van der Waals surface area contributed by atoms with Gasteiger partial charge in [-0.1, -0.05) is 73.5 Å². The third kappa shape index (κ3) is 9.03. The van der Waals surface area contributed by atoms with Gasteiger partial charge >= 0.3 is 5.69 Å². The molecule has 0 saturated carbocycles. The number of rotatable bonds is 11. The Hall–Kier alpha value is -4.31. The molecule has 0 atom stereocenters. The summed E-state index contributed by atoms with van der Waals surface area (Å²) in [5.41, 5.74) is 6.77. The normalized spacial score (nSPS) is 16.3.